The van der Waals surface area contributed by atoms with Gasteiger partial charge in [0.05, 0.1) is 11.1 Å². The molecule has 0 saturated carbocycles. The molecule has 2 aromatic rings. The summed E-state index contributed by atoms with van der Waals surface area (Å²) >= 11 is 0. The van der Waals surface area contributed by atoms with Gasteiger partial charge < -0.3 is 15.3 Å². The first-order chi connectivity index (χ1) is 11.8. The molecule has 122 valence electrons. The Morgan fingerprint density at radius 3 is 2.79 bits per heavy atom. The van der Waals surface area contributed by atoms with Crippen molar-refractivity contribution < 1.29 is 5.11 Å². The number of aliphatic hydroxyl groups is 1. The molecule has 2 N–H and O–H groups in total. The lowest BCUT2D eigenvalue weighted by atomic mass is 10.1. The normalized spacial score (nSPS) is 18.2. The van der Waals surface area contributed by atoms with Crippen molar-refractivity contribution in [3.05, 3.63) is 60.2 Å². The number of allylic oxidation sites excluding steroid dienone is 5. The highest BCUT2D eigenvalue weighted by molar-refractivity contribution is 5.91. The van der Waals surface area contributed by atoms with Crippen molar-refractivity contribution in [2.75, 3.05) is 31.1 Å². The molecule has 4 rings (SSSR count). The minimum atomic E-state index is 0.213. The number of anilines is 1. The minimum absolute atomic E-state index is 0.213. The second-order valence-corrected chi connectivity index (χ2v) is 5.96. The lowest BCUT2D eigenvalue weighted by Crippen LogP contribution is -2.44. The summed E-state index contributed by atoms with van der Waals surface area (Å²) in [6, 6.07) is 8.07. The Bertz CT molecular complexity index is 848. The number of nitrogens with zero attached hydrogens (tertiary/aromatic N) is 3. The molecule has 2 aliphatic rings. The van der Waals surface area contributed by atoms with Crippen LogP contribution in [0.1, 0.15) is 12.2 Å². The van der Waals surface area contributed by atoms with Crippen LogP contribution >= 0.6 is 0 Å². The fraction of sp³-hybridized carbons (Fsp3) is 0.263. The first-order valence-electron chi connectivity index (χ1n) is 8.32. The lowest BCUT2D eigenvalue weighted by Gasteiger charge is -2.29. The minimum Gasteiger partial charge on any atom is -0.507 e. The third kappa shape index (κ3) is 2.78. The number of fused-ring (bicyclic) bond motifs is 1. The maximum Gasteiger partial charge on any atom is 0.165 e. The molecule has 0 bridgehead atoms. The molecule has 1 aromatic heterocycles. The molecule has 5 heteroatoms. The molecule has 1 aromatic carbocycles. The number of aliphatic hydroxyl groups excluding tert-OH is 1. The van der Waals surface area contributed by atoms with E-state index in [1.807, 2.05) is 36.4 Å². The van der Waals surface area contributed by atoms with Crippen LogP contribution in [0.2, 0.25) is 0 Å². The van der Waals surface area contributed by atoms with Crippen LogP contribution in [0.15, 0.2) is 54.3 Å². The van der Waals surface area contributed by atoms with Crippen LogP contribution in [0.4, 0.5) is 5.82 Å². The number of hydrogen-bond acceptors (Lipinski definition) is 5. The van der Waals surface area contributed by atoms with Crippen LogP contribution in [-0.4, -0.2) is 41.3 Å². The Balaban J connectivity index is 1.86. The van der Waals surface area contributed by atoms with Gasteiger partial charge >= 0.3 is 0 Å². The van der Waals surface area contributed by atoms with Gasteiger partial charge in [0.15, 0.2) is 5.82 Å². The summed E-state index contributed by atoms with van der Waals surface area (Å²) in [4.78, 5) is 11.8. The van der Waals surface area contributed by atoms with E-state index < -0.39 is 0 Å². The molecule has 1 fully saturated rings. The molecule has 24 heavy (non-hydrogen) atoms. The van der Waals surface area contributed by atoms with Crippen molar-refractivity contribution in [3.63, 3.8) is 0 Å². The standard InChI is InChI=1S/C19H20N4O/c24-17-9-3-1-2-7-15(17)18-21-16-8-5-4-6-14(16)19(22-18)23-12-10-20-11-13-23/h1,3-9,20,24H,2,10-13H2. The van der Waals surface area contributed by atoms with Crippen LogP contribution < -0.4 is 10.2 Å². The van der Waals surface area contributed by atoms with E-state index in [-0.39, 0.29) is 5.76 Å². The zero-order valence-electron chi connectivity index (χ0n) is 13.4. The van der Waals surface area contributed by atoms with Gasteiger partial charge in [-0.3, -0.25) is 0 Å². The summed E-state index contributed by atoms with van der Waals surface area (Å²) in [6.45, 7) is 3.74. The van der Waals surface area contributed by atoms with Crippen molar-refractivity contribution in [1.29, 1.82) is 0 Å². The van der Waals surface area contributed by atoms with E-state index in [4.69, 9.17) is 9.97 Å². The van der Waals surface area contributed by atoms with Crippen molar-refractivity contribution in [2.24, 2.45) is 0 Å². The first-order valence-corrected chi connectivity index (χ1v) is 8.32. The zero-order chi connectivity index (χ0) is 16.4. The highest BCUT2D eigenvalue weighted by Gasteiger charge is 2.19. The summed E-state index contributed by atoms with van der Waals surface area (Å²) in [7, 11) is 0. The van der Waals surface area contributed by atoms with Gasteiger partial charge in [-0.2, -0.15) is 0 Å². The Kier molecular flexibility index (Phi) is 4.01. The van der Waals surface area contributed by atoms with E-state index in [9.17, 15) is 5.11 Å². The molecular weight excluding hydrogens is 300 g/mol. The molecule has 1 saturated heterocycles. The quantitative estimate of drug-likeness (QED) is 0.891. The first kappa shape index (κ1) is 14.9. The van der Waals surface area contributed by atoms with Crippen molar-refractivity contribution >= 4 is 22.3 Å². The van der Waals surface area contributed by atoms with Gasteiger partial charge in [0.25, 0.3) is 0 Å². The summed E-state index contributed by atoms with van der Waals surface area (Å²) in [5, 5.41) is 14.7. The van der Waals surface area contributed by atoms with Crippen LogP contribution in [0.25, 0.3) is 16.5 Å². The predicted octanol–water partition coefficient (Wildman–Crippen LogP) is 2.82. The summed E-state index contributed by atoms with van der Waals surface area (Å²) in [5.74, 6) is 1.74. The highest BCUT2D eigenvalue weighted by atomic mass is 16.3. The number of nitrogens with one attached hydrogen (secondary N) is 1. The van der Waals surface area contributed by atoms with Gasteiger partial charge in [0.1, 0.15) is 11.6 Å². The van der Waals surface area contributed by atoms with Crippen LogP contribution in [0.5, 0.6) is 0 Å². The van der Waals surface area contributed by atoms with E-state index in [2.05, 4.69) is 16.3 Å². The van der Waals surface area contributed by atoms with Gasteiger partial charge in [0, 0.05) is 31.6 Å². The molecule has 0 spiro atoms. The average molecular weight is 320 g/mol. The summed E-state index contributed by atoms with van der Waals surface area (Å²) < 4.78 is 0. The van der Waals surface area contributed by atoms with Gasteiger partial charge in [0.2, 0.25) is 0 Å². The van der Waals surface area contributed by atoms with Crippen molar-refractivity contribution in [2.45, 2.75) is 6.42 Å². The number of benzene rings is 1. The topological polar surface area (TPSA) is 61.3 Å². The van der Waals surface area contributed by atoms with Crippen molar-refractivity contribution in [1.82, 2.24) is 15.3 Å². The van der Waals surface area contributed by atoms with E-state index >= 15 is 0 Å². The SMILES string of the molecule is OC1=CC=CCC=C1c1nc(N2CCNCC2)c2ccccc2n1. The smallest absolute Gasteiger partial charge is 0.165 e. The molecule has 0 atom stereocenters. The van der Waals surface area contributed by atoms with Gasteiger partial charge in [-0.1, -0.05) is 30.4 Å². The monoisotopic (exact) mass is 320 g/mol. The fourth-order valence-electron chi connectivity index (χ4n) is 3.12. The average Bonchev–Trinajstić information content (AvgIpc) is 2.86. The Hall–Kier alpha value is -2.66. The van der Waals surface area contributed by atoms with Crippen LogP contribution in [-0.2, 0) is 0 Å². The fourth-order valence-corrected chi connectivity index (χ4v) is 3.12. The number of hydrogen-bond donors (Lipinski definition) is 2. The molecule has 0 unspecified atom stereocenters. The Morgan fingerprint density at radius 1 is 1.08 bits per heavy atom. The zero-order valence-corrected chi connectivity index (χ0v) is 13.4. The number of para-hydroxylation sites is 1. The largest absolute Gasteiger partial charge is 0.507 e. The van der Waals surface area contributed by atoms with E-state index in [1.54, 1.807) is 6.08 Å². The molecule has 2 heterocycles. The number of aromatic nitrogens is 2. The molecule has 1 aliphatic heterocycles. The number of piperazine rings is 1. The predicted molar refractivity (Wildman–Crippen MR) is 97.1 cm³/mol. The van der Waals surface area contributed by atoms with Crippen LogP contribution in [0.3, 0.4) is 0 Å². The highest BCUT2D eigenvalue weighted by Crippen LogP contribution is 2.29. The second kappa shape index (κ2) is 6.45. The number of rotatable bonds is 2. The van der Waals surface area contributed by atoms with Gasteiger partial charge in [-0.15, -0.1) is 0 Å². The molecule has 0 radical (unpaired) electrons. The third-order valence-corrected chi connectivity index (χ3v) is 4.36. The summed E-state index contributed by atoms with van der Waals surface area (Å²) in [6.07, 6.45) is 8.29. The van der Waals surface area contributed by atoms with E-state index in [1.165, 1.54) is 0 Å². The van der Waals surface area contributed by atoms with Crippen molar-refractivity contribution in [3.8, 4) is 0 Å². The lowest BCUT2D eigenvalue weighted by molar-refractivity contribution is 0.437. The van der Waals surface area contributed by atoms with Gasteiger partial charge in [-0.25, -0.2) is 9.97 Å². The Morgan fingerprint density at radius 2 is 1.92 bits per heavy atom. The summed E-state index contributed by atoms with van der Waals surface area (Å²) in [5.41, 5.74) is 1.60. The molecule has 5 nitrogen and oxygen atoms in total. The maximum atomic E-state index is 10.3. The third-order valence-electron chi connectivity index (χ3n) is 4.36. The maximum absolute atomic E-state index is 10.3. The molecular formula is C19H20N4O. The second-order valence-electron chi connectivity index (χ2n) is 5.96. The van der Waals surface area contributed by atoms with Gasteiger partial charge in [-0.05, 0) is 24.6 Å². The van der Waals surface area contributed by atoms with Crippen LogP contribution in [0, 0.1) is 0 Å². The van der Waals surface area contributed by atoms with E-state index in [0.29, 0.717) is 11.4 Å². The Labute approximate surface area is 141 Å². The molecule has 0 amide bonds. The van der Waals surface area contributed by atoms with E-state index in [0.717, 1.165) is 49.3 Å². The molecule has 1 aliphatic carbocycles.